The largest absolute Gasteiger partial charge is 0.416 e. The second-order valence-corrected chi connectivity index (χ2v) is 7.58. The molecule has 2 aromatic rings. The first-order chi connectivity index (χ1) is 14.5. The summed E-state index contributed by atoms with van der Waals surface area (Å²) in [6.45, 7) is 2.67. The molecule has 0 atom stereocenters. The van der Waals surface area contributed by atoms with E-state index in [4.69, 9.17) is 0 Å². The van der Waals surface area contributed by atoms with Crippen molar-refractivity contribution in [1.29, 1.82) is 0 Å². The molecule has 0 aromatic heterocycles. The molecule has 0 saturated carbocycles. The van der Waals surface area contributed by atoms with Crippen molar-refractivity contribution < 1.29 is 13.2 Å². The standard InChI is InChI=1S/C26H31F3N/c1-2-3-4-5-6-7-8-9-10-11-12-22-13-15-23(16-14-22)21-30-25-19-17-24(18-20-25)26(27,28)29/h13-20H,2-10,21H2,1H3. The molecular formula is C26H31F3N. The summed E-state index contributed by atoms with van der Waals surface area (Å²) in [5.41, 5.74) is 1.87. The molecule has 0 spiro atoms. The van der Waals surface area contributed by atoms with E-state index in [1.807, 2.05) is 24.3 Å². The van der Waals surface area contributed by atoms with Crippen molar-refractivity contribution in [3.63, 3.8) is 0 Å². The molecule has 0 bridgehead atoms. The highest BCUT2D eigenvalue weighted by Gasteiger charge is 2.29. The Morgan fingerprint density at radius 2 is 1.37 bits per heavy atom. The van der Waals surface area contributed by atoms with Gasteiger partial charge in [-0.25, -0.2) is 0 Å². The number of rotatable bonds is 11. The van der Waals surface area contributed by atoms with Gasteiger partial charge < -0.3 is 0 Å². The van der Waals surface area contributed by atoms with Crippen molar-refractivity contribution in [3.05, 3.63) is 65.2 Å². The molecule has 0 fully saturated rings. The van der Waals surface area contributed by atoms with Gasteiger partial charge in [-0.15, -0.1) is 0 Å². The molecule has 0 N–H and O–H groups in total. The van der Waals surface area contributed by atoms with Crippen molar-refractivity contribution in [2.24, 2.45) is 0 Å². The Balaban J connectivity index is 1.66. The van der Waals surface area contributed by atoms with Crippen LogP contribution in [0.1, 0.15) is 81.4 Å². The fraction of sp³-hybridized carbons (Fsp3) is 0.462. The summed E-state index contributed by atoms with van der Waals surface area (Å²) in [6, 6.07) is 12.8. The van der Waals surface area contributed by atoms with E-state index in [9.17, 15) is 13.2 Å². The minimum Gasteiger partial charge on any atom is -0.281 e. The van der Waals surface area contributed by atoms with Crippen molar-refractivity contribution in [1.82, 2.24) is 5.32 Å². The van der Waals surface area contributed by atoms with Crippen LogP contribution in [0.5, 0.6) is 0 Å². The number of alkyl halides is 3. The Kier molecular flexibility index (Phi) is 10.3. The van der Waals surface area contributed by atoms with E-state index in [0.717, 1.165) is 36.1 Å². The third kappa shape index (κ3) is 9.39. The third-order valence-corrected chi connectivity index (χ3v) is 4.98. The number of halogens is 3. The highest BCUT2D eigenvalue weighted by molar-refractivity contribution is 5.40. The molecular weight excluding hydrogens is 383 g/mol. The summed E-state index contributed by atoms with van der Waals surface area (Å²) in [6.07, 6.45) is 7.05. The topological polar surface area (TPSA) is 14.1 Å². The molecule has 2 aromatic carbocycles. The molecule has 4 heteroatoms. The van der Waals surface area contributed by atoms with Crippen molar-refractivity contribution in [2.45, 2.75) is 77.4 Å². The predicted octanol–water partition coefficient (Wildman–Crippen LogP) is 8.02. The third-order valence-electron chi connectivity index (χ3n) is 4.98. The molecule has 0 aliphatic heterocycles. The van der Waals surface area contributed by atoms with E-state index in [1.54, 1.807) is 0 Å². The van der Waals surface area contributed by atoms with Gasteiger partial charge in [-0.2, -0.15) is 13.2 Å². The average Bonchev–Trinajstić information content (AvgIpc) is 2.74. The lowest BCUT2D eigenvalue weighted by molar-refractivity contribution is -0.137. The number of unbranched alkanes of at least 4 members (excludes halogenated alkanes) is 8. The Bertz CT molecular complexity index is 780. The van der Waals surface area contributed by atoms with Crippen molar-refractivity contribution >= 4 is 5.69 Å². The quantitative estimate of drug-likeness (QED) is 0.261. The highest BCUT2D eigenvalue weighted by Crippen LogP contribution is 2.29. The van der Waals surface area contributed by atoms with Crippen LogP contribution in [0.25, 0.3) is 0 Å². The molecule has 0 heterocycles. The Morgan fingerprint density at radius 3 is 1.97 bits per heavy atom. The van der Waals surface area contributed by atoms with Gasteiger partial charge >= 0.3 is 6.18 Å². The highest BCUT2D eigenvalue weighted by atomic mass is 19.4. The van der Waals surface area contributed by atoms with Gasteiger partial charge in [0.2, 0.25) is 0 Å². The first-order valence-corrected chi connectivity index (χ1v) is 10.9. The second-order valence-electron chi connectivity index (χ2n) is 7.58. The van der Waals surface area contributed by atoms with Crippen LogP contribution in [0.4, 0.5) is 18.9 Å². The van der Waals surface area contributed by atoms with E-state index < -0.39 is 11.7 Å². The molecule has 30 heavy (non-hydrogen) atoms. The van der Waals surface area contributed by atoms with E-state index >= 15 is 0 Å². The van der Waals surface area contributed by atoms with E-state index in [-0.39, 0.29) is 0 Å². The van der Waals surface area contributed by atoms with Gasteiger partial charge in [0, 0.05) is 12.0 Å². The molecule has 0 unspecified atom stereocenters. The molecule has 2 rings (SSSR count). The molecule has 0 aliphatic rings. The summed E-state index contributed by atoms with van der Waals surface area (Å²) < 4.78 is 37.8. The normalized spacial score (nSPS) is 11.1. The van der Waals surface area contributed by atoms with Gasteiger partial charge in [0.15, 0.2) is 0 Å². The summed E-state index contributed by atoms with van der Waals surface area (Å²) in [4.78, 5) is 0. The first kappa shape index (κ1) is 23.9. The van der Waals surface area contributed by atoms with Gasteiger partial charge in [-0.3, -0.25) is 5.32 Å². The maximum absolute atomic E-state index is 12.6. The van der Waals surface area contributed by atoms with Gasteiger partial charge in [-0.05, 0) is 48.4 Å². The number of hydrogen-bond donors (Lipinski definition) is 0. The molecule has 161 valence electrons. The van der Waals surface area contributed by atoms with Crippen molar-refractivity contribution in [2.75, 3.05) is 0 Å². The average molecular weight is 415 g/mol. The van der Waals surface area contributed by atoms with Crippen LogP contribution in [0.15, 0.2) is 48.5 Å². The fourth-order valence-corrected chi connectivity index (χ4v) is 3.14. The molecule has 0 saturated heterocycles. The van der Waals surface area contributed by atoms with Crippen LogP contribution in [-0.4, -0.2) is 0 Å². The van der Waals surface area contributed by atoms with E-state index in [0.29, 0.717) is 12.2 Å². The Labute approximate surface area is 179 Å². The van der Waals surface area contributed by atoms with E-state index in [1.165, 1.54) is 57.1 Å². The predicted molar refractivity (Wildman–Crippen MR) is 117 cm³/mol. The zero-order valence-corrected chi connectivity index (χ0v) is 17.8. The molecule has 1 nitrogen and oxygen atoms in total. The minimum atomic E-state index is -4.32. The smallest absolute Gasteiger partial charge is 0.281 e. The lowest BCUT2D eigenvalue weighted by Crippen LogP contribution is -2.05. The monoisotopic (exact) mass is 414 g/mol. The number of nitrogens with zero attached hydrogens (tertiary/aromatic N) is 1. The maximum atomic E-state index is 12.6. The van der Waals surface area contributed by atoms with Crippen molar-refractivity contribution in [3.8, 4) is 11.8 Å². The maximum Gasteiger partial charge on any atom is 0.416 e. The van der Waals surface area contributed by atoms with Gasteiger partial charge in [-0.1, -0.05) is 75.8 Å². The number of hydrogen-bond acceptors (Lipinski definition) is 0. The van der Waals surface area contributed by atoms with Crippen LogP contribution in [0.2, 0.25) is 0 Å². The Morgan fingerprint density at radius 1 is 0.767 bits per heavy atom. The van der Waals surface area contributed by atoms with E-state index in [2.05, 4.69) is 24.1 Å². The lowest BCUT2D eigenvalue weighted by atomic mass is 10.1. The summed E-state index contributed by atoms with van der Waals surface area (Å²) in [5, 5.41) is 4.35. The minimum absolute atomic E-state index is 0.428. The zero-order valence-electron chi connectivity index (χ0n) is 17.8. The summed E-state index contributed by atoms with van der Waals surface area (Å²) in [7, 11) is 0. The summed E-state index contributed by atoms with van der Waals surface area (Å²) in [5.74, 6) is 6.44. The SMILES string of the molecule is CCCCCCCCCCC#Cc1ccc(C[N]c2ccc(C(F)(F)F)cc2)cc1. The summed E-state index contributed by atoms with van der Waals surface area (Å²) >= 11 is 0. The van der Waals surface area contributed by atoms with Crippen LogP contribution >= 0.6 is 0 Å². The molecule has 0 aliphatic carbocycles. The fourth-order valence-electron chi connectivity index (χ4n) is 3.14. The molecule has 0 amide bonds. The van der Waals surface area contributed by atoms with Crippen LogP contribution < -0.4 is 5.32 Å². The number of benzene rings is 2. The van der Waals surface area contributed by atoms with Crippen LogP contribution in [0.3, 0.4) is 0 Å². The zero-order chi connectivity index (χ0) is 21.7. The van der Waals surface area contributed by atoms with Gasteiger partial charge in [0.05, 0.1) is 17.8 Å². The lowest BCUT2D eigenvalue weighted by Gasteiger charge is -2.08. The molecule has 1 radical (unpaired) electrons. The van der Waals surface area contributed by atoms with Gasteiger partial charge in [0.1, 0.15) is 0 Å². The van der Waals surface area contributed by atoms with Crippen LogP contribution in [-0.2, 0) is 12.7 Å². The van der Waals surface area contributed by atoms with Gasteiger partial charge in [0.25, 0.3) is 0 Å². The van der Waals surface area contributed by atoms with Crippen LogP contribution in [0, 0.1) is 11.8 Å². The second kappa shape index (κ2) is 13.0. The Hall–Kier alpha value is -2.41. The first-order valence-electron chi connectivity index (χ1n) is 10.9.